The van der Waals surface area contributed by atoms with E-state index in [4.69, 9.17) is 20.8 Å². The molecule has 254 valence electrons. The number of aromatic nitrogens is 6. The number of rotatable bonds is 4. The van der Waals surface area contributed by atoms with Crippen molar-refractivity contribution >= 4 is 52.0 Å². The van der Waals surface area contributed by atoms with Gasteiger partial charge in [-0.3, -0.25) is 0 Å². The summed E-state index contributed by atoms with van der Waals surface area (Å²) in [5.41, 5.74) is 12.9. The Labute approximate surface area is 292 Å². The molecular weight excluding hydrogens is 671 g/mol. The van der Waals surface area contributed by atoms with Crippen LogP contribution in [-0.2, 0) is 9.31 Å². The van der Waals surface area contributed by atoms with E-state index in [1.807, 2.05) is 76.7 Å². The maximum absolute atomic E-state index is 6.02. The summed E-state index contributed by atoms with van der Waals surface area (Å²) < 4.78 is 12.8. The van der Waals surface area contributed by atoms with Gasteiger partial charge in [-0.15, -0.1) is 0 Å². The molecule has 3 aliphatic rings. The number of anilines is 4. The van der Waals surface area contributed by atoms with Crippen molar-refractivity contribution in [3.05, 3.63) is 65.8 Å². The minimum atomic E-state index is -0.389. The smallest absolute Gasteiger partial charge is 0.399 e. The second kappa shape index (κ2) is 15.1. The van der Waals surface area contributed by atoms with E-state index in [0.29, 0.717) is 23.7 Å². The molecule has 0 aliphatic carbocycles. The fourth-order valence-corrected chi connectivity index (χ4v) is 6.04. The van der Waals surface area contributed by atoms with Crippen molar-refractivity contribution in [2.24, 2.45) is 0 Å². The molecule has 4 N–H and O–H groups in total. The van der Waals surface area contributed by atoms with Gasteiger partial charge in [0.25, 0.3) is 0 Å². The van der Waals surface area contributed by atoms with Crippen LogP contribution in [0, 0.1) is 0 Å². The van der Waals surface area contributed by atoms with E-state index in [-0.39, 0.29) is 18.3 Å². The molecule has 2 atom stereocenters. The van der Waals surface area contributed by atoms with E-state index in [1.165, 1.54) is 25.7 Å². The molecule has 0 amide bonds. The maximum atomic E-state index is 6.02. The SMILES string of the molecule is C[C@H]1CCCN1c1ncc(-c2cccc(N)n2)cn1.C[C@H]1CCCN1c1ncc(B2OC(C)(C)C(C)(C)O2)cn1.Nc1cccc(Br)n1. The Morgan fingerprint density at radius 2 is 1.21 bits per heavy atom. The fourth-order valence-electron chi connectivity index (χ4n) is 5.68. The van der Waals surface area contributed by atoms with Crippen molar-refractivity contribution in [1.29, 1.82) is 0 Å². The summed E-state index contributed by atoms with van der Waals surface area (Å²) in [5.74, 6) is 2.66. The molecule has 12 nitrogen and oxygen atoms in total. The predicted octanol–water partition coefficient (Wildman–Crippen LogP) is 5.30. The lowest BCUT2D eigenvalue weighted by Crippen LogP contribution is -2.41. The van der Waals surface area contributed by atoms with Crippen LogP contribution in [0.2, 0.25) is 0 Å². The van der Waals surface area contributed by atoms with Crippen LogP contribution >= 0.6 is 15.9 Å². The highest BCUT2D eigenvalue weighted by Gasteiger charge is 2.52. The molecule has 7 rings (SSSR count). The molecule has 0 unspecified atom stereocenters. The second-order valence-corrected chi connectivity index (χ2v) is 14.2. The van der Waals surface area contributed by atoms with Gasteiger partial charge in [0.05, 0.1) is 16.9 Å². The third-order valence-electron chi connectivity index (χ3n) is 9.24. The molecule has 48 heavy (non-hydrogen) atoms. The maximum Gasteiger partial charge on any atom is 0.498 e. The van der Waals surface area contributed by atoms with Gasteiger partial charge in [0.1, 0.15) is 16.2 Å². The molecule has 0 spiro atoms. The molecule has 4 aromatic heterocycles. The highest BCUT2D eigenvalue weighted by molar-refractivity contribution is 9.10. The van der Waals surface area contributed by atoms with E-state index in [9.17, 15) is 0 Å². The number of halogens is 1. The van der Waals surface area contributed by atoms with Crippen molar-refractivity contribution in [1.82, 2.24) is 29.9 Å². The van der Waals surface area contributed by atoms with Crippen molar-refractivity contribution in [2.45, 2.75) is 90.5 Å². The summed E-state index contributed by atoms with van der Waals surface area (Å²) in [7, 11) is -0.389. The molecule has 0 radical (unpaired) electrons. The second-order valence-electron chi connectivity index (χ2n) is 13.4. The van der Waals surface area contributed by atoms with Crippen LogP contribution in [0.1, 0.15) is 67.2 Å². The zero-order valence-electron chi connectivity index (χ0n) is 28.7. The third kappa shape index (κ3) is 8.58. The summed E-state index contributed by atoms with van der Waals surface area (Å²) in [4.78, 5) is 30.6. The number of hydrogen-bond acceptors (Lipinski definition) is 12. The summed E-state index contributed by atoms with van der Waals surface area (Å²) in [6, 6.07) is 12.0. The molecule has 7 heterocycles. The van der Waals surface area contributed by atoms with E-state index in [1.54, 1.807) is 12.1 Å². The van der Waals surface area contributed by atoms with Gasteiger partial charge in [0, 0.05) is 61.0 Å². The lowest BCUT2D eigenvalue weighted by molar-refractivity contribution is 0.00578. The summed E-state index contributed by atoms with van der Waals surface area (Å²) in [6.07, 6.45) is 12.1. The van der Waals surface area contributed by atoms with Crippen LogP contribution in [0.4, 0.5) is 23.5 Å². The van der Waals surface area contributed by atoms with Crippen molar-refractivity contribution < 1.29 is 9.31 Å². The first kappa shape index (κ1) is 35.4. The Hall–Kier alpha value is -3.88. The lowest BCUT2D eigenvalue weighted by atomic mass is 9.81. The summed E-state index contributed by atoms with van der Waals surface area (Å²) >= 11 is 3.17. The van der Waals surface area contributed by atoms with Gasteiger partial charge in [0.2, 0.25) is 11.9 Å². The summed E-state index contributed by atoms with van der Waals surface area (Å²) in [5, 5.41) is 0. The van der Waals surface area contributed by atoms with Gasteiger partial charge in [0.15, 0.2) is 0 Å². The molecule has 4 aromatic rings. The van der Waals surface area contributed by atoms with Crippen LogP contribution in [0.25, 0.3) is 11.3 Å². The average molecular weight is 718 g/mol. The standard InChI is InChI=1S/C15H24BN3O2.C14H17N5.C5H5BrN2/c1-11-7-6-8-19(11)13-17-9-12(10-18-13)16-20-14(2,3)15(4,5)21-16;1-10-4-3-7-19(10)14-16-8-11(9-17-14)12-5-2-6-13(15)18-12;6-4-2-1-3-5(7)8-4/h9-11H,6-8H2,1-5H3;2,5-6,8-10H,3-4,7H2,1H3,(H2,15,18);1-3H,(H2,7,8)/t11-;10-;/m00./s1. The predicted molar refractivity (Wildman–Crippen MR) is 196 cm³/mol. The molecule has 3 fully saturated rings. The Bertz CT molecular complexity index is 1610. The van der Waals surface area contributed by atoms with Crippen molar-refractivity contribution in [2.75, 3.05) is 34.4 Å². The number of nitrogen functional groups attached to an aromatic ring is 2. The van der Waals surface area contributed by atoms with Crippen LogP contribution in [0.5, 0.6) is 0 Å². The molecule has 14 heteroatoms. The highest BCUT2D eigenvalue weighted by Crippen LogP contribution is 2.36. The third-order valence-corrected chi connectivity index (χ3v) is 9.69. The van der Waals surface area contributed by atoms with Crippen LogP contribution in [0.3, 0.4) is 0 Å². The zero-order chi connectivity index (χ0) is 34.5. The van der Waals surface area contributed by atoms with E-state index >= 15 is 0 Å². The first-order chi connectivity index (χ1) is 22.8. The van der Waals surface area contributed by atoms with Crippen LogP contribution < -0.4 is 26.7 Å². The first-order valence-corrected chi connectivity index (χ1v) is 17.3. The van der Waals surface area contributed by atoms with E-state index in [2.05, 4.69) is 69.5 Å². The molecule has 3 saturated heterocycles. The van der Waals surface area contributed by atoms with Crippen molar-refractivity contribution in [3.63, 3.8) is 0 Å². The van der Waals surface area contributed by atoms with E-state index in [0.717, 1.165) is 46.3 Å². The Balaban J connectivity index is 0.000000154. The number of pyridine rings is 2. The van der Waals surface area contributed by atoms with Gasteiger partial charge < -0.3 is 30.6 Å². The Kier molecular flexibility index (Phi) is 11.2. The van der Waals surface area contributed by atoms with Gasteiger partial charge >= 0.3 is 7.12 Å². The lowest BCUT2D eigenvalue weighted by Gasteiger charge is -2.32. The number of nitrogens with two attached hydrogens (primary N) is 2. The number of nitrogens with zero attached hydrogens (tertiary/aromatic N) is 8. The fraction of sp³-hybridized carbons (Fsp3) is 0.471. The van der Waals surface area contributed by atoms with Crippen LogP contribution in [0.15, 0.2) is 65.8 Å². The minimum absolute atomic E-state index is 0.334. The monoisotopic (exact) mass is 716 g/mol. The van der Waals surface area contributed by atoms with Crippen LogP contribution in [-0.4, -0.2) is 73.4 Å². The molecule has 3 aliphatic heterocycles. The molecule has 0 bridgehead atoms. The first-order valence-electron chi connectivity index (χ1n) is 16.5. The van der Waals surface area contributed by atoms with Crippen molar-refractivity contribution in [3.8, 4) is 11.3 Å². The molecular formula is C34H46BBrN10O2. The number of hydrogen-bond donors (Lipinski definition) is 2. The topological polar surface area (TPSA) is 154 Å². The van der Waals surface area contributed by atoms with E-state index < -0.39 is 0 Å². The Morgan fingerprint density at radius 3 is 1.62 bits per heavy atom. The van der Waals surface area contributed by atoms with Gasteiger partial charge in [-0.25, -0.2) is 29.9 Å². The normalized spacial score (nSPS) is 20.9. The molecule has 0 aromatic carbocycles. The highest BCUT2D eigenvalue weighted by atomic mass is 79.9. The largest absolute Gasteiger partial charge is 0.498 e. The van der Waals surface area contributed by atoms with Gasteiger partial charge in [-0.05, 0) is 107 Å². The minimum Gasteiger partial charge on any atom is -0.399 e. The quantitative estimate of drug-likeness (QED) is 0.208. The molecule has 0 saturated carbocycles. The average Bonchev–Trinajstić information content (AvgIpc) is 3.74. The Morgan fingerprint density at radius 1 is 0.729 bits per heavy atom. The zero-order valence-corrected chi connectivity index (χ0v) is 30.3. The summed E-state index contributed by atoms with van der Waals surface area (Å²) in [6.45, 7) is 14.7. The van der Waals surface area contributed by atoms with Gasteiger partial charge in [-0.2, -0.15) is 0 Å². The van der Waals surface area contributed by atoms with Gasteiger partial charge in [-0.1, -0.05) is 12.1 Å².